The zero-order chi connectivity index (χ0) is 32.2. The molecule has 1 fully saturated rings. The van der Waals surface area contributed by atoms with Gasteiger partial charge in [-0.25, -0.2) is 8.78 Å². The Kier molecular flexibility index (Phi) is 13.8. The van der Waals surface area contributed by atoms with Crippen LogP contribution in [0.4, 0.5) is 8.78 Å². The number of carbonyl (C=O) groups excluding carboxylic acids is 3. The first-order valence-corrected chi connectivity index (χ1v) is 16.2. The summed E-state index contributed by atoms with van der Waals surface area (Å²) in [6.45, 7) is 7.10. The fraction of sp³-hybridized carbons (Fsp3) is 0.571. The molecule has 3 amide bonds. The molecule has 44 heavy (non-hydrogen) atoms. The molecule has 1 aliphatic carbocycles. The molecule has 0 bridgehead atoms. The van der Waals surface area contributed by atoms with E-state index in [2.05, 4.69) is 5.32 Å². The standard InChI is InChI=1S/C35H49F2N3O4/c1-5-16-40(17-6-2)35(44)27-13-11-12-26(21-27)33(42)38-31(20-24-18-28(36)23-29(37)19-24)32(41)22-25(7-3)34(43)39(4)30-14-9-8-10-15-30/h11-13,18-19,21,23,25,30-32,41H,5-10,14-17,20,22H2,1-4H3,(H,38,42)/t25-,31+,32+/m1/s1. The highest BCUT2D eigenvalue weighted by molar-refractivity contribution is 5.99. The van der Waals surface area contributed by atoms with Crippen molar-refractivity contribution in [2.75, 3.05) is 20.1 Å². The summed E-state index contributed by atoms with van der Waals surface area (Å²) in [5.41, 5.74) is 0.877. The highest BCUT2D eigenvalue weighted by atomic mass is 19.1. The van der Waals surface area contributed by atoms with Gasteiger partial charge in [-0.2, -0.15) is 0 Å². The van der Waals surface area contributed by atoms with Crippen LogP contribution in [0.5, 0.6) is 0 Å². The molecule has 7 nitrogen and oxygen atoms in total. The minimum Gasteiger partial charge on any atom is -0.391 e. The topological polar surface area (TPSA) is 90.0 Å². The fourth-order valence-corrected chi connectivity index (χ4v) is 6.18. The second-order valence-corrected chi connectivity index (χ2v) is 12.1. The Morgan fingerprint density at radius 3 is 2.14 bits per heavy atom. The summed E-state index contributed by atoms with van der Waals surface area (Å²) >= 11 is 0. The highest BCUT2D eigenvalue weighted by Gasteiger charge is 2.32. The Balaban J connectivity index is 1.82. The van der Waals surface area contributed by atoms with E-state index in [9.17, 15) is 28.3 Å². The van der Waals surface area contributed by atoms with Gasteiger partial charge in [-0.3, -0.25) is 14.4 Å². The number of amides is 3. The number of aliphatic hydroxyl groups excluding tert-OH is 1. The molecule has 3 atom stereocenters. The average Bonchev–Trinajstić information content (AvgIpc) is 3.02. The summed E-state index contributed by atoms with van der Waals surface area (Å²) < 4.78 is 28.1. The quantitative estimate of drug-likeness (QED) is 0.253. The third-order valence-electron chi connectivity index (χ3n) is 8.64. The minimum atomic E-state index is -1.17. The number of nitrogens with zero attached hydrogens (tertiary/aromatic N) is 2. The van der Waals surface area contributed by atoms with Gasteiger partial charge >= 0.3 is 0 Å². The average molecular weight is 614 g/mol. The maximum Gasteiger partial charge on any atom is 0.253 e. The zero-order valence-corrected chi connectivity index (χ0v) is 26.7. The van der Waals surface area contributed by atoms with Crippen molar-refractivity contribution in [3.05, 3.63) is 70.8 Å². The normalized spacial score (nSPS) is 15.7. The molecule has 1 saturated carbocycles. The van der Waals surface area contributed by atoms with E-state index in [1.807, 2.05) is 27.8 Å². The van der Waals surface area contributed by atoms with Crippen molar-refractivity contribution in [2.45, 2.75) is 103 Å². The number of rotatable bonds is 15. The van der Waals surface area contributed by atoms with Gasteiger partial charge in [-0.1, -0.05) is 46.1 Å². The summed E-state index contributed by atoms with van der Waals surface area (Å²) in [5, 5.41) is 14.3. The van der Waals surface area contributed by atoms with Gasteiger partial charge in [0.1, 0.15) is 11.6 Å². The van der Waals surface area contributed by atoms with E-state index in [4.69, 9.17) is 0 Å². The number of nitrogens with one attached hydrogen (secondary N) is 1. The molecule has 9 heteroatoms. The number of benzene rings is 2. The minimum absolute atomic E-state index is 0.0461. The number of hydrogen-bond donors (Lipinski definition) is 2. The molecule has 0 saturated heterocycles. The largest absolute Gasteiger partial charge is 0.391 e. The zero-order valence-electron chi connectivity index (χ0n) is 26.7. The van der Waals surface area contributed by atoms with E-state index in [1.165, 1.54) is 24.6 Å². The van der Waals surface area contributed by atoms with Crippen molar-refractivity contribution in [3.8, 4) is 0 Å². The molecule has 2 aromatic rings. The van der Waals surface area contributed by atoms with Crippen molar-refractivity contribution >= 4 is 17.7 Å². The maximum absolute atomic E-state index is 14.1. The van der Waals surface area contributed by atoms with Gasteiger partial charge in [0, 0.05) is 49.3 Å². The van der Waals surface area contributed by atoms with Crippen LogP contribution in [0.25, 0.3) is 0 Å². The van der Waals surface area contributed by atoms with Crippen LogP contribution in [0.3, 0.4) is 0 Å². The second kappa shape index (κ2) is 17.2. The molecular weight excluding hydrogens is 564 g/mol. The predicted molar refractivity (Wildman–Crippen MR) is 168 cm³/mol. The number of hydrogen-bond acceptors (Lipinski definition) is 4. The van der Waals surface area contributed by atoms with Crippen LogP contribution in [0.15, 0.2) is 42.5 Å². The lowest BCUT2D eigenvalue weighted by Gasteiger charge is -2.35. The Morgan fingerprint density at radius 2 is 1.55 bits per heavy atom. The van der Waals surface area contributed by atoms with Gasteiger partial charge in [0.15, 0.2) is 0 Å². The van der Waals surface area contributed by atoms with Crippen LogP contribution in [-0.2, 0) is 11.2 Å². The van der Waals surface area contributed by atoms with Crippen LogP contribution >= 0.6 is 0 Å². The molecule has 0 unspecified atom stereocenters. The molecule has 2 aromatic carbocycles. The summed E-state index contributed by atoms with van der Waals surface area (Å²) in [4.78, 5) is 43.7. The van der Waals surface area contributed by atoms with E-state index < -0.39 is 35.6 Å². The third-order valence-corrected chi connectivity index (χ3v) is 8.64. The first kappa shape index (κ1) is 35.2. The van der Waals surface area contributed by atoms with Crippen LogP contribution < -0.4 is 5.32 Å². The summed E-state index contributed by atoms with van der Waals surface area (Å²) in [6, 6.07) is 8.75. The maximum atomic E-state index is 14.1. The fourth-order valence-electron chi connectivity index (χ4n) is 6.18. The van der Waals surface area contributed by atoms with Crippen LogP contribution in [0.1, 0.15) is 105 Å². The van der Waals surface area contributed by atoms with Crippen molar-refractivity contribution in [3.63, 3.8) is 0 Å². The van der Waals surface area contributed by atoms with E-state index in [1.54, 1.807) is 28.0 Å². The second-order valence-electron chi connectivity index (χ2n) is 12.1. The van der Waals surface area contributed by atoms with Crippen molar-refractivity contribution in [1.82, 2.24) is 15.1 Å². The lowest BCUT2D eigenvalue weighted by molar-refractivity contribution is -0.138. The SMILES string of the molecule is CCCN(CCC)C(=O)c1cccc(C(=O)N[C@@H](Cc2cc(F)cc(F)c2)[C@@H](O)C[C@@H](CC)C(=O)N(C)C2CCCCC2)c1. The van der Waals surface area contributed by atoms with E-state index in [0.717, 1.165) is 44.6 Å². The Hall–Kier alpha value is -3.33. The van der Waals surface area contributed by atoms with Gasteiger partial charge in [0.05, 0.1) is 12.1 Å². The number of carbonyl (C=O) groups is 3. The molecule has 2 N–H and O–H groups in total. The molecular formula is C35H49F2N3O4. The summed E-state index contributed by atoms with van der Waals surface area (Å²) in [6.07, 6.45) is 6.23. The van der Waals surface area contributed by atoms with Crippen molar-refractivity contribution < 1.29 is 28.3 Å². The summed E-state index contributed by atoms with van der Waals surface area (Å²) in [5.74, 6) is -2.74. The molecule has 242 valence electrons. The Labute approximate surface area is 261 Å². The first-order valence-electron chi connectivity index (χ1n) is 16.2. The van der Waals surface area contributed by atoms with Gasteiger partial charge in [0.2, 0.25) is 5.91 Å². The highest BCUT2D eigenvalue weighted by Crippen LogP contribution is 2.26. The van der Waals surface area contributed by atoms with E-state index in [-0.39, 0.29) is 41.8 Å². The lowest BCUT2D eigenvalue weighted by Crippen LogP contribution is -2.48. The molecule has 1 aliphatic rings. The van der Waals surface area contributed by atoms with Crippen molar-refractivity contribution in [1.29, 1.82) is 0 Å². The van der Waals surface area contributed by atoms with Crippen LogP contribution in [0, 0.1) is 17.6 Å². The monoisotopic (exact) mass is 613 g/mol. The van der Waals surface area contributed by atoms with E-state index >= 15 is 0 Å². The Morgan fingerprint density at radius 1 is 0.932 bits per heavy atom. The third kappa shape index (κ3) is 9.84. The predicted octanol–water partition coefficient (Wildman–Crippen LogP) is 6.14. The van der Waals surface area contributed by atoms with Gasteiger partial charge in [0.25, 0.3) is 11.8 Å². The van der Waals surface area contributed by atoms with Crippen molar-refractivity contribution in [2.24, 2.45) is 5.92 Å². The number of aliphatic hydroxyl groups is 1. The van der Waals surface area contributed by atoms with Gasteiger partial charge in [-0.15, -0.1) is 0 Å². The smallest absolute Gasteiger partial charge is 0.253 e. The van der Waals surface area contributed by atoms with Crippen LogP contribution in [-0.4, -0.2) is 71.0 Å². The Bertz CT molecular complexity index is 1220. The molecule has 0 aliphatic heterocycles. The molecule has 0 heterocycles. The lowest BCUT2D eigenvalue weighted by atomic mass is 9.89. The number of halogens is 2. The molecule has 0 spiro atoms. The van der Waals surface area contributed by atoms with E-state index in [0.29, 0.717) is 25.1 Å². The van der Waals surface area contributed by atoms with Crippen LogP contribution in [0.2, 0.25) is 0 Å². The first-order chi connectivity index (χ1) is 21.1. The molecule has 0 aromatic heterocycles. The molecule has 0 radical (unpaired) electrons. The van der Waals surface area contributed by atoms with Gasteiger partial charge < -0.3 is 20.2 Å². The summed E-state index contributed by atoms with van der Waals surface area (Å²) in [7, 11) is 1.82. The van der Waals surface area contributed by atoms with Gasteiger partial charge in [-0.05, 0) is 80.8 Å². The molecule has 3 rings (SSSR count).